The van der Waals surface area contributed by atoms with Gasteiger partial charge in [-0.1, -0.05) is 12.1 Å². The summed E-state index contributed by atoms with van der Waals surface area (Å²) in [7, 11) is 1.59. The Kier molecular flexibility index (Phi) is 5.01. The fraction of sp³-hybridized carbons (Fsp3) is 0.304. The number of H-pyrrole nitrogens is 1. The summed E-state index contributed by atoms with van der Waals surface area (Å²) < 4.78 is 5.45. The van der Waals surface area contributed by atoms with Crippen LogP contribution in [-0.2, 0) is 4.79 Å². The Morgan fingerprint density at radius 2 is 2.00 bits per heavy atom. The molecule has 0 radical (unpaired) electrons. The molecule has 0 aliphatic carbocycles. The molecule has 2 amide bonds. The van der Waals surface area contributed by atoms with Gasteiger partial charge in [0.1, 0.15) is 5.75 Å². The Labute approximate surface area is 169 Å². The number of carbonyl (C=O) groups excluding carboxylic acids is 2. The largest absolute Gasteiger partial charge is 0.495 e. The van der Waals surface area contributed by atoms with E-state index in [4.69, 9.17) is 4.74 Å². The number of piperidine rings is 1. The number of aromatic nitrogens is 1. The van der Waals surface area contributed by atoms with Crippen LogP contribution in [0.1, 0.15) is 40.9 Å². The fourth-order valence-corrected chi connectivity index (χ4v) is 3.91. The van der Waals surface area contributed by atoms with Crippen LogP contribution in [0.5, 0.6) is 5.75 Å². The molecule has 4 rings (SSSR count). The van der Waals surface area contributed by atoms with E-state index < -0.39 is 0 Å². The predicted octanol–water partition coefficient (Wildman–Crippen LogP) is 4.56. The van der Waals surface area contributed by atoms with Crippen LogP contribution in [0.4, 0.5) is 11.4 Å². The molecule has 29 heavy (non-hydrogen) atoms. The number of nitrogens with zero attached hydrogens (tertiary/aromatic N) is 1. The van der Waals surface area contributed by atoms with Crippen molar-refractivity contribution in [2.24, 2.45) is 0 Å². The summed E-state index contributed by atoms with van der Waals surface area (Å²) >= 11 is 0. The van der Waals surface area contributed by atoms with Crippen LogP contribution < -0.4 is 15.0 Å². The minimum Gasteiger partial charge on any atom is -0.495 e. The lowest BCUT2D eigenvalue weighted by Gasteiger charge is -2.28. The van der Waals surface area contributed by atoms with E-state index in [0.29, 0.717) is 35.7 Å². The summed E-state index contributed by atoms with van der Waals surface area (Å²) in [6.45, 7) is 4.70. The maximum absolute atomic E-state index is 13.0. The Morgan fingerprint density at radius 1 is 1.17 bits per heavy atom. The molecule has 1 fully saturated rings. The standard InChI is InChI=1S/C23H25N3O3/c1-14-15(2)24-22-17(14)7-6-8-18(22)23(28)25-16-10-11-20(29-3)19(13-16)26-12-5-4-9-21(26)27/h6-8,10-11,13,24H,4-5,9,12H2,1-3H3,(H,25,28). The topological polar surface area (TPSA) is 74.4 Å². The van der Waals surface area contributed by atoms with Gasteiger partial charge in [-0.3, -0.25) is 9.59 Å². The van der Waals surface area contributed by atoms with Gasteiger partial charge in [0.05, 0.1) is 23.9 Å². The zero-order valence-electron chi connectivity index (χ0n) is 17.0. The second kappa shape index (κ2) is 7.62. The molecule has 2 aromatic carbocycles. The first-order chi connectivity index (χ1) is 14.0. The highest BCUT2D eigenvalue weighted by molar-refractivity contribution is 6.13. The van der Waals surface area contributed by atoms with E-state index in [-0.39, 0.29) is 11.8 Å². The maximum Gasteiger partial charge on any atom is 0.257 e. The molecular weight excluding hydrogens is 366 g/mol. The zero-order chi connectivity index (χ0) is 20.5. The van der Waals surface area contributed by atoms with Gasteiger partial charge in [0.15, 0.2) is 0 Å². The Morgan fingerprint density at radius 3 is 2.76 bits per heavy atom. The molecule has 150 valence electrons. The average Bonchev–Trinajstić information content (AvgIpc) is 3.02. The number of nitrogens with one attached hydrogen (secondary N) is 2. The second-order valence-electron chi connectivity index (χ2n) is 7.45. The lowest BCUT2D eigenvalue weighted by Crippen LogP contribution is -2.35. The fourth-order valence-electron chi connectivity index (χ4n) is 3.91. The number of para-hydroxylation sites is 1. The Bertz CT molecular complexity index is 1100. The van der Waals surface area contributed by atoms with Crippen LogP contribution in [0.15, 0.2) is 36.4 Å². The highest BCUT2D eigenvalue weighted by Gasteiger charge is 2.23. The van der Waals surface area contributed by atoms with Crippen molar-refractivity contribution >= 4 is 34.1 Å². The van der Waals surface area contributed by atoms with E-state index >= 15 is 0 Å². The van der Waals surface area contributed by atoms with Crippen LogP contribution in [0.25, 0.3) is 10.9 Å². The zero-order valence-corrected chi connectivity index (χ0v) is 17.0. The lowest BCUT2D eigenvalue weighted by molar-refractivity contribution is -0.119. The van der Waals surface area contributed by atoms with Crippen molar-refractivity contribution < 1.29 is 14.3 Å². The summed E-state index contributed by atoms with van der Waals surface area (Å²) in [4.78, 5) is 30.5. The summed E-state index contributed by atoms with van der Waals surface area (Å²) in [5, 5.41) is 4.02. The number of aryl methyl sites for hydroxylation is 2. The van der Waals surface area contributed by atoms with Crippen LogP contribution in [0.2, 0.25) is 0 Å². The number of hydrogen-bond donors (Lipinski definition) is 2. The molecule has 1 aromatic heterocycles. The van der Waals surface area contributed by atoms with E-state index in [0.717, 1.165) is 35.0 Å². The summed E-state index contributed by atoms with van der Waals surface area (Å²) in [5.41, 5.74) is 4.94. The molecule has 0 unspecified atom stereocenters. The van der Waals surface area contributed by atoms with Gasteiger partial charge in [0.2, 0.25) is 5.91 Å². The van der Waals surface area contributed by atoms with Crippen molar-refractivity contribution in [2.75, 3.05) is 23.9 Å². The minimum absolute atomic E-state index is 0.0835. The highest BCUT2D eigenvalue weighted by atomic mass is 16.5. The minimum atomic E-state index is -0.196. The molecule has 2 heterocycles. The quantitative estimate of drug-likeness (QED) is 0.684. The lowest BCUT2D eigenvalue weighted by atomic mass is 10.1. The molecule has 0 atom stereocenters. The van der Waals surface area contributed by atoms with Crippen LogP contribution in [0, 0.1) is 13.8 Å². The maximum atomic E-state index is 13.0. The van der Waals surface area contributed by atoms with Crippen LogP contribution in [0.3, 0.4) is 0 Å². The van der Waals surface area contributed by atoms with E-state index in [9.17, 15) is 9.59 Å². The van der Waals surface area contributed by atoms with Gasteiger partial charge >= 0.3 is 0 Å². The molecule has 3 aromatic rings. The highest BCUT2D eigenvalue weighted by Crippen LogP contribution is 2.34. The monoisotopic (exact) mass is 391 g/mol. The van der Waals surface area contributed by atoms with Crippen molar-refractivity contribution in [1.82, 2.24) is 4.98 Å². The Balaban J connectivity index is 1.66. The van der Waals surface area contributed by atoms with Crippen molar-refractivity contribution in [3.63, 3.8) is 0 Å². The number of ether oxygens (including phenoxy) is 1. The van der Waals surface area contributed by atoms with Gasteiger partial charge in [-0.15, -0.1) is 0 Å². The van der Waals surface area contributed by atoms with E-state index in [2.05, 4.69) is 10.3 Å². The molecule has 0 spiro atoms. The first kappa shape index (κ1) is 19.1. The SMILES string of the molecule is COc1ccc(NC(=O)c2cccc3c(C)c(C)[nH]c23)cc1N1CCCCC1=O. The second-order valence-corrected chi connectivity index (χ2v) is 7.45. The average molecular weight is 391 g/mol. The van der Waals surface area contributed by atoms with Crippen molar-refractivity contribution in [2.45, 2.75) is 33.1 Å². The third kappa shape index (κ3) is 3.46. The number of methoxy groups -OCH3 is 1. The molecule has 1 aliphatic heterocycles. The van der Waals surface area contributed by atoms with Crippen molar-refractivity contribution in [1.29, 1.82) is 0 Å². The number of fused-ring (bicyclic) bond motifs is 1. The summed E-state index contributed by atoms with van der Waals surface area (Å²) in [5.74, 6) is 0.508. The first-order valence-electron chi connectivity index (χ1n) is 9.87. The predicted molar refractivity (Wildman–Crippen MR) is 115 cm³/mol. The Hall–Kier alpha value is -3.28. The first-order valence-corrected chi connectivity index (χ1v) is 9.87. The molecule has 0 bridgehead atoms. The van der Waals surface area contributed by atoms with Crippen molar-refractivity contribution in [3.05, 3.63) is 53.2 Å². The van der Waals surface area contributed by atoms with Gasteiger partial charge in [0.25, 0.3) is 5.91 Å². The van der Waals surface area contributed by atoms with Gasteiger partial charge in [-0.2, -0.15) is 0 Å². The van der Waals surface area contributed by atoms with E-state index in [1.54, 1.807) is 24.1 Å². The van der Waals surface area contributed by atoms with Crippen molar-refractivity contribution in [3.8, 4) is 5.75 Å². The summed E-state index contributed by atoms with van der Waals surface area (Å²) in [6, 6.07) is 11.1. The van der Waals surface area contributed by atoms with Gasteiger partial charge < -0.3 is 19.9 Å². The van der Waals surface area contributed by atoms with E-state index in [1.807, 2.05) is 38.1 Å². The molecule has 1 aliphatic rings. The molecule has 0 saturated carbocycles. The molecular formula is C23H25N3O3. The third-order valence-electron chi connectivity index (χ3n) is 5.64. The normalized spacial score (nSPS) is 14.3. The smallest absolute Gasteiger partial charge is 0.257 e. The van der Waals surface area contributed by atoms with Crippen LogP contribution >= 0.6 is 0 Å². The molecule has 6 heteroatoms. The number of hydrogen-bond acceptors (Lipinski definition) is 3. The van der Waals surface area contributed by atoms with Gasteiger partial charge in [-0.25, -0.2) is 0 Å². The number of anilines is 2. The summed E-state index contributed by atoms with van der Waals surface area (Å²) in [6.07, 6.45) is 2.40. The number of aromatic amines is 1. The number of benzene rings is 2. The molecule has 2 N–H and O–H groups in total. The van der Waals surface area contributed by atoms with Gasteiger partial charge in [-0.05, 0) is 56.5 Å². The van der Waals surface area contributed by atoms with Crippen LogP contribution in [-0.4, -0.2) is 30.5 Å². The van der Waals surface area contributed by atoms with E-state index in [1.165, 1.54) is 0 Å². The van der Waals surface area contributed by atoms with Gasteiger partial charge in [0, 0.05) is 29.7 Å². The number of carbonyl (C=O) groups is 2. The molecule has 1 saturated heterocycles. The third-order valence-corrected chi connectivity index (χ3v) is 5.64. The molecule has 6 nitrogen and oxygen atoms in total. The number of amides is 2. The number of rotatable bonds is 4.